The minimum Gasteiger partial charge on any atom is -0.394 e. The lowest BCUT2D eigenvalue weighted by Crippen LogP contribution is -2.79. The number of aliphatic hydroxyl groups is 1. The Morgan fingerprint density at radius 1 is 0.625 bits per heavy atom. The molecule has 0 saturated heterocycles. The first-order valence-electron chi connectivity index (χ1n) is 11.9. The van der Waals surface area contributed by atoms with E-state index in [-0.39, 0.29) is 6.42 Å². The summed E-state index contributed by atoms with van der Waals surface area (Å²) in [4.78, 5) is 0. The molecule has 3 atom stereocenters. The third-order valence-corrected chi connectivity index (χ3v) is 8.69. The van der Waals surface area contributed by atoms with E-state index < -0.39 is 130 Å². The van der Waals surface area contributed by atoms with Gasteiger partial charge in [0.15, 0.2) is 0 Å². The van der Waals surface area contributed by atoms with Crippen LogP contribution in [0.4, 0.5) is 65.9 Å². The predicted molar refractivity (Wildman–Crippen MR) is 103 cm³/mol. The highest BCUT2D eigenvalue weighted by molar-refractivity contribution is 5.25. The fourth-order valence-corrected chi connectivity index (χ4v) is 7.73. The minimum atomic E-state index is -6.83. The van der Waals surface area contributed by atoms with Crippen molar-refractivity contribution in [1.29, 1.82) is 0 Å². The van der Waals surface area contributed by atoms with Crippen molar-refractivity contribution in [3.05, 3.63) is 0 Å². The van der Waals surface area contributed by atoms with Gasteiger partial charge in [0.05, 0.1) is 13.2 Å². The molecule has 0 aromatic heterocycles. The summed E-state index contributed by atoms with van der Waals surface area (Å²) in [6.45, 7) is -3.90. The number of hydrogen-bond donors (Lipinski definition) is 1. The molecule has 0 aliphatic heterocycles. The molecular formula is C22H25F15O3. The van der Waals surface area contributed by atoms with Gasteiger partial charge >= 0.3 is 30.6 Å². The third-order valence-electron chi connectivity index (χ3n) is 8.69. The van der Waals surface area contributed by atoms with Gasteiger partial charge < -0.3 is 14.6 Å². The largest absolute Gasteiger partial charge is 0.427 e. The molecular weight excluding hydrogens is 597 g/mol. The van der Waals surface area contributed by atoms with Crippen LogP contribution in [0, 0.1) is 22.7 Å². The van der Waals surface area contributed by atoms with E-state index in [0.717, 1.165) is 0 Å². The fourth-order valence-electron chi connectivity index (χ4n) is 7.73. The maximum atomic E-state index is 14.9. The van der Waals surface area contributed by atoms with Gasteiger partial charge in [-0.15, -0.1) is 0 Å². The fraction of sp³-hybridized carbons (Fsp3) is 1.00. The van der Waals surface area contributed by atoms with E-state index in [2.05, 4.69) is 9.47 Å². The van der Waals surface area contributed by atoms with E-state index in [0.29, 0.717) is 0 Å². The van der Waals surface area contributed by atoms with E-state index in [1.807, 2.05) is 0 Å². The van der Waals surface area contributed by atoms with Gasteiger partial charge in [-0.3, -0.25) is 0 Å². The second-order valence-electron chi connectivity index (χ2n) is 11.4. The summed E-state index contributed by atoms with van der Waals surface area (Å²) < 4.78 is 225. The second-order valence-corrected chi connectivity index (χ2v) is 11.4. The molecule has 1 N–H and O–H groups in total. The smallest absolute Gasteiger partial charge is 0.394 e. The Morgan fingerprint density at radius 2 is 0.975 bits per heavy atom. The zero-order valence-corrected chi connectivity index (χ0v) is 20.7. The molecule has 40 heavy (non-hydrogen) atoms. The molecule has 4 fully saturated rings. The molecule has 3 unspecified atom stereocenters. The molecule has 3 nitrogen and oxygen atoms in total. The SMILES string of the molecule is CC(F)(F)C(C)(F)OC(C(F)(F)F)(C(F)(F)F)C12CC3CC(CC(C(OCCO)(C(F)(F)F)C(F)(F)F)(C3)C1)C2. The average molecular weight is 622 g/mol. The Labute approximate surface area is 217 Å². The van der Waals surface area contributed by atoms with Crippen LogP contribution in [-0.4, -0.2) is 66.0 Å². The molecule has 18 heteroatoms. The Bertz CT molecular complexity index is 900. The number of halogens is 15. The van der Waals surface area contributed by atoms with Crippen molar-refractivity contribution in [2.75, 3.05) is 13.2 Å². The van der Waals surface area contributed by atoms with Crippen LogP contribution in [0.15, 0.2) is 0 Å². The van der Waals surface area contributed by atoms with Gasteiger partial charge in [-0.2, -0.15) is 52.7 Å². The number of rotatable bonds is 8. The lowest BCUT2D eigenvalue weighted by atomic mass is 9.37. The molecule has 4 saturated carbocycles. The highest BCUT2D eigenvalue weighted by atomic mass is 19.4. The van der Waals surface area contributed by atoms with Gasteiger partial charge in [-0.25, -0.2) is 13.2 Å². The zero-order valence-electron chi connectivity index (χ0n) is 20.7. The summed E-state index contributed by atoms with van der Waals surface area (Å²) in [5.41, 5.74) is -18.6. The van der Waals surface area contributed by atoms with Crippen LogP contribution in [0.25, 0.3) is 0 Å². The molecule has 0 aromatic rings. The second kappa shape index (κ2) is 9.16. The van der Waals surface area contributed by atoms with Crippen molar-refractivity contribution in [1.82, 2.24) is 0 Å². The summed E-state index contributed by atoms with van der Waals surface area (Å²) in [5, 5.41) is 8.95. The first-order valence-corrected chi connectivity index (χ1v) is 11.9. The van der Waals surface area contributed by atoms with Crippen molar-refractivity contribution in [2.45, 2.75) is 100 Å². The van der Waals surface area contributed by atoms with Gasteiger partial charge in [-0.1, -0.05) is 0 Å². The van der Waals surface area contributed by atoms with Crippen molar-refractivity contribution in [2.24, 2.45) is 22.7 Å². The number of alkyl halides is 15. The molecule has 236 valence electrons. The van der Waals surface area contributed by atoms with Crippen molar-refractivity contribution in [3.63, 3.8) is 0 Å². The van der Waals surface area contributed by atoms with Crippen LogP contribution in [0.1, 0.15) is 52.4 Å². The number of ether oxygens (including phenoxy) is 2. The molecule has 4 aliphatic carbocycles. The van der Waals surface area contributed by atoms with Crippen molar-refractivity contribution in [3.8, 4) is 0 Å². The highest BCUT2D eigenvalue weighted by Crippen LogP contribution is 2.78. The van der Waals surface area contributed by atoms with Crippen LogP contribution >= 0.6 is 0 Å². The van der Waals surface area contributed by atoms with Gasteiger partial charge in [0.1, 0.15) is 0 Å². The normalized spacial score (nSPS) is 31.9. The molecule has 0 amide bonds. The van der Waals surface area contributed by atoms with Gasteiger partial charge in [-0.05, 0) is 50.4 Å². The minimum absolute atomic E-state index is 0.363. The molecule has 0 aromatic carbocycles. The Kier molecular flexibility index (Phi) is 7.64. The molecule has 0 spiro atoms. The topological polar surface area (TPSA) is 38.7 Å². The predicted octanol–water partition coefficient (Wildman–Crippen LogP) is 7.67. The summed E-state index contributed by atoms with van der Waals surface area (Å²) >= 11 is 0. The number of hydrogen-bond acceptors (Lipinski definition) is 3. The Morgan fingerprint density at radius 3 is 1.27 bits per heavy atom. The Balaban J connectivity index is 2.41. The monoisotopic (exact) mass is 622 g/mol. The summed E-state index contributed by atoms with van der Waals surface area (Å²) in [6.07, 6.45) is -34.2. The van der Waals surface area contributed by atoms with E-state index in [1.54, 1.807) is 0 Å². The van der Waals surface area contributed by atoms with Crippen LogP contribution in [0.3, 0.4) is 0 Å². The highest BCUT2D eigenvalue weighted by Gasteiger charge is 2.90. The zero-order chi connectivity index (χ0) is 31.2. The van der Waals surface area contributed by atoms with E-state index in [9.17, 15) is 65.9 Å². The van der Waals surface area contributed by atoms with E-state index >= 15 is 0 Å². The van der Waals surface area contributed by atoms with Gasteiger partial charge in [0.2, 0.25) is 0 Å². The molecule has 4 rings (SSSR count). The van der Waals surface area contributed by atoms with Crippen molar-refractivity contribution < 1.29 is 80.4 Å². The maximum absolute atomic E-state index is 14.9. The Hall–Kier alpha value is -1.17. The van der Waals surface area contributed by atoms with Gasteiger partial charge in [0, 0.05) is 24.7 Å². The maximum Gasteiger partial charge on any atom is 0.427 e. The van der Waals surface area contributed by atoms with Crippen molar-refractivity contribution >= 4 is 0 Å². The van der Waals surface area contributed by atoms with Crippen LogP contribution in [0.2, 0.25) is 0 Å². The molecule has 4 bridgehead atoms. The molecule has 4 aliphatic rings. The first-order chi connectivity index (χ1) is 17.6. The first kappa shape index (κ1) is 33.3. The van der Waals surface area contributed by atoms with Crippen LogP contribution < -0.4 is 0 Å². The molecule has 0 radical (unpaired) electrons. The summed E-state index contributed by atoms with van der Waals surface area (Å²) in [7, 11) is 0. The van der Waals surface area contributed by atoms with Crippen LogP contribution in [-0.2, 0) is 9.47 Å². The lowest BCUT2D eigenvalue weighted by molar-refractivity contribution is -0.486. The third kappa shape index (κ3) is 4.47. The quantitative estimate of drug-likeness (QED) is 0.283. The number of aliphatic hydroxyl groups excluding tert-OH is 1. The van der Waals surface area contributed by atoms with Crippen LogP contribution in [0.5, 0.6) is 0 Å². The summed E-state index contributed by atoms with van der Waals surface area (Å²) in [6, 6.07) is 0. The van der Waals surface area contributed by atoms with E-state index in [1.165, 1.54) is 0 Å². The molecule has 0 heterocycles. The lowest BCUT2D eigenvalue weighted by Gasteiger charge is -2.70. The average Bonchev–Trinajstić information content (AvgIpc) is 2.66. The van der Waals surface area contributed by atoms with E-state index in [4.69, 9.17) is 5.11 Å². The standard InChI is InChI=1S/C22H25F15O3/c1-13(23,24)14(2,25)40-18(21(32,33)34,22(35,36)37)16-8-11-5-12(9-16)7-15(6-11,10-16)17(19(26,27)28,20(29,30)31)39-4-3-38/h11-12,38H,3-10H2,1-2H3. The summed E-state index contributed by atoms with van der Waals surface area (Å²) in [5.74, 6) is -13.3. The van der Waals surface area contributed by atoms with Gasteiger partial charge in [0.25, 0.3) is 17.1 Å².